The molecule has 0 aliphatic carbocycles. The highest BCUT2D eigenvalue weighted by Gasteiger charge is 2.35. The van der Waals surface area contributed by atoms with Gasteiger partial charge in [0.1, 0.15) is 0 Å². The molecule has 0 spiro atoms. The van der Waals surface area contributed by atoms with Gasteiger partial charge >= 0.3 is 0 Å². The second-order valence-corrected chi connectivity index (χ2v) is 9.20. The van der Waals surface area contributed by atoms with E-state index in [-0.39, 0.29) is 29.4 Å². The van der Waals surface area contributed by atoms with Crippen molar-refractivity contribution >= 4 is 26.5 Å². The van der Waals surface area contributed by atoms with Crippen LogP contribution >= 0.6 is 0 Å². The number of nitrogens with zero attached hydrogens (tertiary/aromatic N) is 1. The smallest absolute Gasteiger partial charge is 0.254 e. The third-order valence-corrected chi connectivity index (χ3v) is 6.22. The highest BCUT2D eigenvalue weighted by Crippen LogP contribution is 2.23. The zero-order valence-electron chi connectivity index (χ0n) is 14.1. The molecule has 3 rings (SSSR count). The second-order valence-electron chi connectivity index (χ2n) is 6.97. The van der Waals surface area contributed by atoms with Crippen LogP contribution in [0.25, 0.3) is 10.8 Å². The maximum absolute atomic E-state index is 13.1. The Hall–Kier alpha value is -1.88. The van der Waals surface area contributed by atoms with E-state index < -0.39 is 9.84 Å². The average Bonchev–Trinajstić information content (AvgIpc) is 2.91. The normalized spacial score (nSPS) is 19.7. The minimum absolute atomic E-state index is 0.0726. The zero-order chi connectivity index (χ0) is 17.3. The van der Waals surface area contributed by atoms with Crippen molar-refractivity contribution in [3.05, 3.63) is 48.0 Å². The molecule has 1 saturated heterocycles. The monoisotopic (exact) mass is 345 g/mol. The van der Waals surface area contributed by atoms with Gasteiger partial charge < -0.3 is 4.90 Å². The molecule has 2 aromatic carbocycles. The summed E-state index contributed by atoms with van der Waals surface area (Å²) in [5, 5.41) is 2.11. The second kappa shape index (κ2) is 6.55. The molecule has 1 atom stereocenters. The highest BCUT2D eigenvalue weighted by molar-refractivity contribution is 7.91. The van der Waals surface area contributed by atoms with Crippen LogP contribution in [0, 0.1) is 5.92 Å². The van der Waals surface area contributed by atoms with Crippen molar-refractivity contribution in [2.75, 3.05) is 18.1 Å². The molecule has 1 unspecified atom stereocenters. The van der Waals surface area contributed by atoms with Gasteiger partial charge in [0.05, 0.1) is 11.5 Å². The van der Waals surface area contributed by atoms with Crippen molar-refractivity contribution < 1.29 is 13.2 Å². The van der Waals surface area contributed by atoms with Crippen LogP contribution < -0.4 is 0 Å². The van der Waals surface area contributed by atoms with Crippen LogP contribution in [0.15, 0.2) is 42.5 Å². The number of sulfone groups is 1. The summed E-state index contributed by atoms with van der Waals surface area (Å²) in [7, 11) is -3.02. The van der Waals surface area contributed by atoms with Crippen molar-refractivity contribution in [2.45, 2.75) is 26.3 Å². The minimum Gasteiger partial charge on any atom is -0.334 e. The van der Waals surface area contributed by atoms with Crippen LogP contribution in [0.5, 0.6) is 0 Å². The lowest BCUT2D eigenvalue weighted by atomic mass is 10.0. The van der Waals surface area contributed by atoms with E-state index in [0.717, 1.165) is 10.8 Å². The average molecular weight is 345 g/mol. The summed E-state index contributed by atoms with van der Waals surface area (Å²) in [4.78, 5) is 14.8. The molecular weight excluding hydrogens is 322 g/mol. The summed E-state index contributed by atoms with van der Waals surface area (Å²) >= 11 is 0. The van der Waals surface area contributed by atoms with E-state index in [1.807, 2.05) is 56.3 Å². The van der Waals surface area contributed by atoms with E-state index in [0.29, 0.717) is 18.5 Å². The summed E-state index contributed by atoms with van der Waals surface area (Å²) in [5.74, 6) is 0.477. The number of hydrogen-bond donors (Lipinski definition) is 0. The lowest BCUT2D eigenvalue weighted by molar-refractivity contribution is 0.0672. The first-order valence-electron chi connectivity index (χ1n) is 8.36. The Labute approximate surface area is 143 Å². The Bertz CT molecular complexity index is 858. The standard InChI is InChI=1S/C19H23NO3S/c1-14(2)12-20(18-9-10-24(22,23)13-18)19(21)17-8-7-15-5-3-4-6-16(15)11-17/h3-8,11,14,18H,9-10,12-13H2,1-2H3. The molecule has 0 aromatic heterocycles. The molecule has 2 aromatic rings. The Kier molecular flexibility index (Phi) is 4.63. The van der Waals surface area contributed by atoms with E-state index in [1.165, 1.54) is 0 Å². The summed E-state index contributed by atoms with van der Waals surface area (Å²) in [5.41, 5.74) is 0.624. The lowest BCUT2D eigenvalue weighted by Gasteiger charge is -2.30. The van der Waals surface area contributed by atoms with Gasteiger partial charge in [-0.1, -0.05) is 44.2 Å². The molecule has 24 heavy (non-hydrogen) atoms. The first-order chi connectivity index (χ1) is 11.4. The molecule has 4 nitrogen and oxygen atoms in total. The van der Waals surface area contributed by atoms with Crippen molar-refractivity contribution in [1.29, 1.82) is 0 Å². The van der Waals surface area contributed by atoms with Crippen molar-refractivity contribution in [2.24, 2.45) is 5.92 Å². The summed E-state index contributed by atoms with van der Waals surface area (Å²) in [6.07, 6.45) is 0.536. The van der Waals surface area contributed by atoms with Crippen molar-refractivity contribution in [3.8, 4) is 0 Å². The number of rotatable bonds is 4. The van der Waals surface area contributed by atoms with Gasteiger partial charge in [0, 0.05) is 18.2 Å². The number of fused-ring (bicyclic) bond motifs is 1. The molecule has 0 saturated carbocycles. The summed E-state index contributed by atoms with van der Waals surface area (Å²) < 4.78 is 23.7. The van der Waals surface area contributed by atoms with E-state index in [2.05, 4.69) is 0 Å². The van der Waals surface area contributed by atoms with Gasteiger partial charge in [-0.25, -0.2) is 8.42 Å². The molecule has 0 bridgehead atoms. The molecule has 128 valence electrons. The van der Waals surface area contributed by atoms with E-state index in [9.17, 15) is 13.2 Å². The Morgan fingerprint density at radius 3 is 2.50 bits per heavy atom. The van der Waals surface area contributed by atoms with Crippen LogP contribution in [-0.2, 0) is 9.84 Å². The molecule has 0 N–H and O–H groups in total. The number of hydrogen-bond acceptors (Lipinski definition) is 3. The van der Waals surface area contributed by atoms with Crippen molar-refractivity contribution in [3.63, 3.8) is 0 Å². The minimum atomic E-state index is -3.02. The van der Waals surface area contributed by atoms with Gasteiger partial charge in [-0.15, -0.1) is 0 Å². The highest BCUT2D eigenvalue weighted by atomic mass is 32.2. The van der Waals surface area contributed by atoms with Gasteiger partial charge in [0.25, 0.3) is 5.91 Å². The van der Waals surface area contributed by atoms with E-state index >= 15 is 0 Å². The van der Waals surface area contributed by atoms with Gasteiger partial charge in [-0.2, -0.15) is 0 Å². The fraction of sp³-hybridized carbons (Fsp3) is 0.421. The van der Waals surface area contributed by atoms with Crippen LogP contribution in [-0.4, -0.2) is 43.3 Å². The number of carbonyl (C=O) groups excluding carboxylic acids is 1. The van der Waals surface area contributed by atoms with Gasteiger partial charge in [-0.05, 0) is 35.2 Å². The SMILES string of the molecule is CC(C)CN(C(=O)c1ccc2ccccc2c1)C1CCS(=O)(=O)C1. The molecule has 1 aliphatic rings. The third kappa shape index (κ3) is 3.61. The summed E-state index contributed by atoms with van der Waals surface area (Å²) in [6, 6.07) is 13.4. The molecular formula is C19H23NO3S. The number of carbonyl (C=O) groups is 1. The summed E-state index contributed by atoms with van der Waals surface area (Å²) in [6.45, 7) is 4.67. The largest absolute Gasteiger partial charge is 0.334 e. The fourth-order valence-electron chi connectivity index (χ4n) is 3.30. The molecule has 1 aliphatic heterocycles. The lowest BCUT2D eigenvalue weighted by Crippen LogP contribution is -2.43. The van der Waals surface area contributed by atoms with Crippen LogP contribution in [0.4, 0.5) is 0 Å². The first-order valence-corrected chi connectivity index (χ1v) is 10.2. The Balaban J connectivity index is 1.92. The maximum atomic E-state index is 13.1. The topological polar surface area (TPSA) is 54.5 Å². The fourth-order valence-corrected chi connectivity index (χ4v) is 5.03. The van der Waals surface area contributed by atoms with Gasteiger partial charge in [0.15, 0.2) is 9.84 Å². The Morgan fingerprint density at radius 2 is 1.88 bits per heavy atom. The number of benzene rings is 2. The van der Waals surface area contributed by atoms with E-state index in [4.69, 9.17) is 0 Å². The van der Waals surface area contributed by atoms with Gasteiger partial charge in [-0.3, -0.25) is 4.79 Å². The first kappa shape index (κ1) is 17.0. The molecule has 0 radical (unpaired) electrons. The number of amides is 1. The zero-order valence-corrected chi connectivity index (χ0v) is 14.9. The molecule has 1 heterocycles. The van der Waals surface area contributed by atoms with Gasteiger partial charge in [0.2, 0.25) is 0 Å². The molecule has 1 amide bonds. The van der Waals surface area contributed by atoms with Crippen LogP contribution in [0.2, 0.25) is 0 Å². The maximum Gasteiger partial charge on any atom is 0.254 e. The Morgan fingerprint density at radius 1 is 1.17 bits per heavy atom. The third-order valence-electron chi connectivity index (χ3n) is 4.47. The predicted octanol–water partition coefficient (Wildman–Crippen LogP) is 3.13. The predicted molar refractivity (Wildman–Crippen MR) is 96.9 cm³/mol. The molecule has 1 fully saturated rings. The van der Waals surface area contributed by atoms with Crippen LogP contribution in [0.3, 0.4) is 0 Å². The van der Waals surface area contributed by atoms with Crippen molar-refractivity contribution in [1.82, 2.24) is 4.90 Å². The van der Waals surface area contributed by atoms with E-state index in [1.54, 1.807) is 4.90 Å². The quantitative estimate of drug-likeness (QED) is 0.855. The van der Waals surface area contributed by atoms with Crippen LogP contribution in [0.1, 0.15) is 30.6 Å². The molecule has 5 heteroatoms.